The van der Waals surface area contributed by atoms with Crippen LogP contribution in [0.3, 0.4) is 0 Å². The molecule has 0 fully saturated rings. The molecule has 1 N–H and O–H groups in total. The van der Waals surface area contributed by atoms with Crippen molar-refractivity contribution in [2.45, 2.75) is 26.2 Å². The number of carboxylic acid groups (broad SMARTS) is 1. The molecule has 0 aliphatic carbocycles. The van der Waals surface area contributed by atoms with E-state index in [2.05, 4.69) is 50.2 Å². The molecule has 0 aliphatic rings. The minimum Gasteiger partial charge on any atom is -0.483 e. The van der Waals surface area contributed by atoms with Gasteiger partial charge in [0.2, 0.25) is 0 Å². The molecule has 0 heterocycles. The molecule has 0 atom stereocenters. The molecule has 0 radical (unpaired) electrons. The largest absolute Gasteiger partial charge is 0.483 e. The molecule has 1 rings (SSSR count). The number of ether oxygens (including phenoxy) is 1. The number of rotatable bonds is 7. The van der Waals surface area contributed by atoms with E-state index in [4.69, 9.17) is 14.6 Å². The molecule has 4 heteroatoms. The molecule has 0 spiro atoms. The number of carbonyl (C=O) groups is 1. The number of hydrogen-bond donors (Lipinski definition) is 1. The average molecular weight is 267 g/mol. The quantitative estimate of drug-likeness (QED) is 0.609. The van der Waals surface area contributed by atoms with Crippen molar-refractivity contribution in [1.82, 2.24) is 0 Å². The zero-order valence-electron chi connectivity index (χ0n) is 12.1. The Morgan fingerprint density at radius 2 is 1.79 bits per heavy atom. The van der Waals surface area contributed by atoms with Crippen molar-refractivity contribution in [3.63, 3.8) is 0 Å². The van der Waals surface area contributed by atoms with Crippen LogP contribution in [0, 0.1) is 0 Å². The molecular weight excluding hydrogens is 242 g/mol. The summed E-state index contributed by atoms with van der Waals surface area (Å²) in [7, 11) is 4.12. The van der Waals surface area contributed by atoms with Crippen LogP contribution in [0.5, 0.6) is 0 Å². The third-order valence-electron chi connectivity index (χ3n) is 2.63. The first kappa shape index (κ1) is 17.4. The van der Waals surface area contributed by atoms with Crippen molar-refractivity contribution < 1.29 is 14.6 Å². The molecule has 0 aliphatic heterocycles. The summed E-state index contributed by atoms with van der Waals surface area (Å²) >= 11 is 0. The van der Waals surface area contributed by atoms with Crippen molar-refractivity contribution in [3.05, 3.63) is 29.8 Å². The van der Waals surface area contributed by atoms with E-state index in [1.54, 1.807) is 0 Å². The summed E-state index contributed by atoms with van der Waals surface area (Å²) < 4.78 is 5.55. The van der Waals surface area contributed by atoms with Gasteiger partial charge in [0.15, 0.2) is 0 Å². The highest BCUT2D eigenvalue weighted by molar-refractivity contribution is 5.45. The van der Waals surface area contributed by atoms with Gasteiger partial charge in [-0.2, -0.15) is 0 Å². The predicted molar refractivity (Wildman–Crippen MR) is 78.9 cm³/mol. The zero-order valence-corrected chi connectivity index (χ0v) is 12.1. The van der Waals surface area contributed by atoms with Crippen molar-refractivity contribution in [3.8, 4) is 0 Å². The van der Waals surface area contributed by atoms with Gasteiger partial charge >= 0.3 is 0 Å². The van der Waals surface area contributed by atoms with Gasteiger partial charge in [-0.3, -0.25) is 4.79 Å². The minimum atomic E-state index is -0.250. The van der Waals surface area contributed by atoms with Gasteiger partial charge in [-0.25, -0.2) is 0 Å². The summed E-state index contributed by atoms with van der Waals surface area (Å²) in [6, 6.07) is 8.67. The smallest absolute Gasteiger partial charge is 0.290 e. The van der Waals surface area contributed by atoms with Crippen LogP contribution in [0.25, 0.3) is 0 Å². The van der Waals surface area contributed by atoms with Gasteiger partial charge in [-0.1, -0.05) is 25.5 Å². The highest BCUT2D eigenvalue weighted by Gasteiger charge is 1.96. The van der Waals surface area contributed by atoms with E-state index in [0.29, 0.717) is 0 Å². The third-order valence-corrected chi connectivity index (χ3v) is 2.63. The molecule has 19 heavy (non-hydrogen) atoms. The lowest BCUT2D eigenvalue weighted by molar-refractivity contribution is -0.122. The van der Waals surface area contributed by atoms with Crippen molar-refractivity contribution in [2.24, 2.45) is 0 Å². The van der Waals surface area contributed by atoms with Crippen LogP contribution >= 0.6 is 0 Å². The molecule has 0 unspecified atom stereocenters. The number of benzene rings is 1. The first-order valence-corrected chi connectivity index (χ1v) is 6.57. The molecule has 108 valence electrons. The van der Waals surface area contributed by atoms with E-state index in [-0.39, 0.29) is 6.47 Å². The summed E-state index contributed by atoms with van der Waals surface area (Å²) in [5.41, 5.74) is 2.60. The highest BCUT2D eigenvalue weighted by atomic mass is 16.5. The van der Waals surface area contributed by atoms with Crippen LogP contribution in [-0.4, -0.2) is 38.9 Å². The first-order chi connectivity index (χ1) is 9.15. The fourth-order valence-electron chi connectivity index (χ4n) is 1.50. The highest BCUT2D eigenvalue weighted by Crippen LogP contribution is 2.12. The van der Waals surface area contributed by atoms with E-state index >= 15 is 0 Å². The number of nitrogens with zero attached hydrogens (tertiary/aromatic N) is 1. The topological polar surface area (TPSA) is 49.8 Å². The Balaban J connectivity index is 0.000000982. The maximum atomic E-state index is 8.36. The molecule has 0 saturated heterocycles. The summed E-state index contributed by atoms with van der Waals surface area (Å²) in [5, 5.41) is 6.89. The average Bonchev–Trinajstić information content (AvgIpc) is 2.40. The Morgan fingerprint density at radius 1 is 1.21 bits per heavy atom. The number of hydrogen-bond acceptors (Lipinski definition) is 3. The second kappa shape index (κ2) is 11.5. The van der Waals surface area contributed by atoms with Crippen molar-refractivity contribution in [1.29, 1.82) is 0 Å². The third kappa shape index (κ3) is 9.08. The van der Waals surface area contributed by atoms with Gasteiger partial charge in [0.1, 0.15) is 0 Å². The summed E-state index contributed by atoms with van der Waals surface area (Å²) in [5.74, 6) is 0. The Bertz CT molecular complexity index is 323. The second-order valence-electron chi connectivity index (χ2n) is 4.38. The summed E-state index contributed by atoms with van der Waals surface area (Å²) in [6.07, 6.45) is 3.38. The lowest BCUT2D eigenvalue weighted by Crippen LogP contribution is -2.08. The molecule has 1 aromatic carbocycles. The molecule has 0 amide bonds. The molecule has 0 aromatic heterocycles. The fraction of sp³-hybridized carbons (Fsp3) is 0.533. The zero-order chi connectivity index (χ0) is 14.5. The van der Waals surface area contributed by atoms with Crippen molar-refractivity contribution >= 4 is 12.2 Å². The molecule has 1 aromatic rings. The van der Waals surface area contributed by atoms with Crippen LogP contribution in [0.15, 0.2) is 24.3 Å². The van der Waals surface area contributed by atoms with Gasteiger partial charge in [-0.15, -0.1) is 0 Å². The minimum absolute atomic E-state index is 0.250. The van der Waals surface area contributed by atoms with Gasteiger partial charge in [0, 0.05) is 26.4 Å². The summed E-state index contributed by atoms with van der Waals surface area (Å²) in [6.45, 7) is 3.66. The molecule has 0 bridgehead atoms. The Labute approximate surface area is 116 Å². The number of unbranched alkanes of at least 4 members (excludes halogenated alkanes) is 1. The van der Waals surface area contributed by atoms with Gasteiger partial charge in [-0.05, 0) is 30.5 Å². The molecular formula is C15H25NO3. The van der Waals surface area contributed by atoms with E-state index in [1.165, 1.54) is 24.1 Å². The van der Waals surface area contributed by atoms with Crippen LogP contribution in [0.2, 0.25) is 0 Å². The SMILES string of the molecule is CCCCOCCc1ccc(N(C)C)cc1.O=CO. The predicted octanol–water partition coefficient (Wildman–Crippen LogP) is 2.81. The Morgan fingerprint density at radius 3 is 2.26 bits per heavy atom. The lowest BCUT2D eigenvalue weighted by atomic mass is 10.1. The van der Waals surface area contributed by atoms with Gasteiger partial charge in [0.25, 0.3) is 6.47 Å². The fourth-order valence-corrected chi connectivity index (χ4v) is 1.50. The maximum Gasteiger partial charge on any atom is 0.290 e. The van der Waals surface area contributed by atoms with Gasteiger partial charge in [0.05, 0.1) is 6.61 Å². The van der Waals surface area contributed by atoms with E-state index < -0.39 is 0 Å². The molecule has 0 saturated carbocycles. The standard InChI is InChI=1S/C14H23NO.CH2O2/c1-4-5-11-16-12-10-13-6-8-14(9-7-13)15(2)3;2-1-3/h6-9H,4-5,10-12H2,1-3H3;1H,(H,2,3). The lowest BCUT2D eigenvalue weighted by Gasteiger charge is -2.12. The first-order valence-electron chi connectivity index (χ1n) is 6.57. The molecule has 4 nitrogen and oxygen atoms in total. The Kier molecular flexibility index (Phi) is 10.6. The van der Waals surface area contributed by atoms with Crippen LogP contribution in [0.4, 0.5) is 5.69 Å². The maximum absolute atomic E-state index is 8.36. The Hall–Kier alpha value is -1.55. The van der Waals surface area contributed by atoms with Crippen molar-refractivity contribution in [2.75, 3.05) is 32.2 Å². The van der Waals surface area contributed by atoms with E-state index in [0.717, 1.165) is 19.6 Å². The normalized spacial score (nSPS) is 9.42. The van der Waals surface area contributed by atoms with E-state index in [9.17, 15) is 0 Å². The number of anilines is 1. The van der Waals surface area contributed by atoms with E-state index in [1.807, 2.05) is 0 Å². The van der Waals surface area contributed by atoms with Crippen LogP contribution < -0.4 is 4.90 Å². The van der Waals surface area contributed by atoms with Crippen LogP contribution in [0.1, 0.15) is 25.3 Å². The monoisotopic (exact) mass is 267 g/mol. The van der Waals surface area contributed by atoms with Gasteiger partial charge < -0.3 is 14.7 Å². The second-order valence-corrected chi connectivity index (χ2v) is 4.38. The van der Waals surface area contributed by atoms with Crippen LogP contribution in [-0.2, 0) is 16.0 Å². The summed E-state index contributed by atoms with van der Waals surface area (Å²) in [4.78, 5) is 10.5.